The van der Waals surface area contributed by atoms with Crippen molar-refractivity contribution in [1.82, 2.24) is 0 Å². The maximum absolute atomic E-state index is 12.3. The Morgan fingerprint density at radius 2 is 1.78 bits per heavy atom. The van der Waals surface area contributed by atoms with Crippen molar-refractivity contribution in [2.45, 2.75) is 26.2 Å². The van der Waals surface area contributed by atoms with Crippen molar-refractivity contribution in [3.63, 3.8) is 0 Å². The first-order valence-electron chi connectivity index (χ1n) is 8.35. The van der Waals surface area contributed by atoms with Crippen LogP contribution in [0.5, 0.6) is 5.75 Å². The van der Waals surface area contributed by atoms with Gasteiger partial charge in [0.05, 0.1) is 11.6 Å². The Morgan fingerprint density at radius 1 is 1.11 bits per heavy atom. The number of halogens is 2. The summed E-state index contributed by atoms with van der Waals surface area (Å²) in [6.45, 7) is 6.46. The number of esters is 1. The lowest BCUT2D eigenvalue weighted by molar-refractivity contribution is -0.129. The molecule has 4 nitrogen and oxygen atoms in total. The maximum atomic E-state index is 12.3. The fourth-order valence-electron chi connectivity index (χ4n) is 2.70. The fourth-order valence-corrected chi connectivity index (χ4v) is 4.12. The molecule has 2 aromatic carbocycles. The molecule has 0 unspecified atom stereocenters. The van der Waals surface area contributed by atoms with Crippen molar-refractivity contribution < 1.29 is 14.3 Å². The number of hydrogen-bond donors (Lipinski definition) is 0. The maximum Gasteiger partial charge on any atom is 0.363 e. The van der Waals surface area contributed by atoms with Gasteiger partial charge in [-0.2, -0.15) is 0 Å². The Labute approximate surface area is 175 Å². The molecule has 0 radical (unpaired) electrons. The van der Waals surface area contributed by atoms with Crippen molar-refractivity contribution in [3.8, 4) is 5.75 Å². The van der Waals surface area contributed by atoms with Crippen molar-refractivity contribution in [1.29, 1.82) is 0 Å². The molecule has 6 heteroatoms. The Hall–Kier alpha value is -1.92. The van der Waals surface area contributed by atoms with Crippen molar-refractivity contribution in [3.05, 3.63) is 67.7 Å². The number of methoxy groups -OCH3 is 1. The van der Waals surface area contributed by atoms with Gasteiger partial charge in [-0.25, -0.2) is 9.79 Å². The third-order valence-electron chi connectivity index (χ3n) is 4.15. The van der Waals surface area contributed by atoms with Gasteiger partial charge in [-0.05, 0) is 57.2 Å². The number of rotatable bonds is 3. The molecule has 0 spiro atoms. The van der Waals surface area contributed by atoms with Gasteiger partial charge in [0, 0.05) is 15.6 Å². The van der Waals surface area contributed by atoms with Gasteiger partial charge in [0.1, 0.15) is 5.75 Å². The molecule has 3 rings (SSSR count). The van der Waals surface area contributed by atoms with Gasteiger partial charge in [-0.1, -0.05) is 48.8 Å². The van der Waals surface area contributed by atoms with Crippen LogP contribution in [0.15, 0.2) is 56.0 Å². The minimum absolute atomic E-state index is 0.0579. The van der Waals surface area contributed by atoms with Crippen LogP contribution in [0.4, 0.5) is 0 Å². The summed E-state index contributed by atoms with van der Waals surface area (Å²) in [7, 11) is 1.58. The molecule has 1 aliphatic rings. The van der Waals surface area contributed by atoms with Crippen LogP contribution in [0.25, 0.3) is 6.08 Å². The SMILES string of the molecule is COc1c(Br)cc(Br)cc1/C=C1\N=C(c2ccc(C(C)(C)C)cc2)OC1=O. The van der Waals surface area contributed by atoms with E-state index in [0.29, 0.717) is 11.6 Å². The highest BCUT2D eigenvalue weighted by molar-refractivity contribution is 9.11. The van der Waals surface area contributed by atoms with Crippen molar-refractivity contribution >= 4 is 49.8 Å². The summed E-state index contributed by atoms with van der Waals surface area (Å²) in [5.74, 6) is 0.444. The highest BCUT2D eigenvalue weighted by Gasteiger charge is 2.25. The Kier molecular flexibility index (Phi) is 5.58. The molecule has 0 N–H and O–H groups in total. The molecule has 27 heavy (non-hydrogen) atoms. The molecule has 1 aliphatic heterocycles. The van der Waals surface area contributed by atoms with E-state index in [1.54, 1.807) is 13.2 Å². The summed E-state index contributed by atoms with van der Waals surface area (Å²) in [5.41, 5.74) is 2.98. The topological polar surface area (TPSA) is 47.9 Å². The molecule has 0 bridgehead atoms. The molecular formula is C21H19Br2NO3. The lowest BCUT2D eigenvalue weighted by Gasteiger charge is -2.18. The number of aliphatic imine (C=N–C) groups is 1. The first kappa shape index (κ1) is 19.8. The van der Waals surface area contributed by atoms with Crippen LogP contribution in [-0.4, -0.2) is 19.0 Å². The highest BCUT2D eigenvalue weighted by atomic mass is 79.9. The lowest BCUT2D eigenvalue weighted by Crippen LogP contribution is -2.11. The Bertz CT molecular complexity index is 955. The van der Waals surface area contributed by atoms with Crippen LogP contribution in [0, 0.1) is 0 Å². The first-order chi connectivity index (χ1) is 12.7. The number of benzene rings is 2. The second-order valence-electron chi connectivity index (χ2n) is 7.17. The normalized spacial score (nSPS) is 15.7. The van der Waals surface area contributed by atoms with Gasteiger partial charge in [0.2, 0.25) is 5.90 Å². The predicted molar refractivity (Wildman–Crippen MR) is 114 cm³/mol. The van der Waals surface area contributed by atoms with Gasteiger partial charge in [-0.15, -0.1) is 0 Å². The van der Waals surface area contributed by atoms with E-state index in [1.165, 1.54) is 5.56 Å². The molecule has 0 saturated heterocycles. The van der Waals surface area contributed by atoms with E-state index in [1.807, 2.05) is 36.4 Å². The van der Waals surface area contributed by atoms with Crippen LogP contribution in [0.3, 0.4) is 0 Å². The third-order valence-corrected chi connectivity index (χ3v) is 5.20. The predicted octanol–water partition coefficient (Wildman–Crippen LogP) is 5.86. The molecule has 0 aromatic heterocycles. The van der Waals surface area contributed by atoms with E-state index in [2.05, 4.69) is 57.6 Å². The summed E-state index contributed by atoms with van der Waals surface area (Å²) >= 11 is 6.90. The molecule has 0 atom stereocenters. The largest absolute Gasteiger partial charge is 0.495 e. The zero-order valence-electron chi connectivity index (χ0n) is 15.5. The second kappa shape index (κ2) is 7.60. The summed E-state index contributed by atoms with van der Waals surface area (Å²) in [5, 5.41) is 0. The van der Waals surface area contributed by atoms with Crippen LogP contribution in [0.1, 0.15) is 37.5 Å². The van der Waals surface area contributed by atoms with Crippen molar-refractivity contribution in [2.24, 2.45) is 4.99 Å². The Morgan fingerprint density at radius 3 is 2.37 bits per heavy atom. The number of carbonyl (C=O) groups is 1. The van der Waals surface area contributed by atoms with Gasteiger partial charge >= 0.3 is 5.97 Å². The molecule has 0 saturated carbocycles. The average molecular weight is 493 g/mol. The van der Waals surface area contributed by atoms with E-state index in [0.717, 1.165) is 20.1 Å². The zero-order valence-corrected chi connectivity index (χ0v) is 18.6. The minimum atomic E-state index is -0.483. The van der Waals surface area contributed by atoms with Gasteiger partial charge in [-0.3, -0.25) is 0 Å². The van der Waals surface area contributed by atoms with Crippen LogP contribution >= 0.6 is 31.9 Å². The number of carbonyl (C=O) groups excluding carboxylic acids is 1. The fraction of sp³-hybridized carbons (Fsp3) is 0.238. The van der Waals surface area contributed by atoms with Crippen LogP contribution < -0.4 is 4.74 Å². The molecule has 0 amide bonds. The van der Waals surface area contributed by atoms with E-state index in [4.69, 9.17) is 9.47 Å². The van der Waals surface area contributed by atoms with E-state index < -0.39 is 5.97 Å². The van der Waals surface area contributed by atoms with Crippen molar-refractivity contribution in [2.75, 3.05) is 7.11 Å². The standard InChI is InChI=1S/C21H19Br2NO3/c1-21(2,3)14-7-5-12(6-8-14)19-24-17(20(25)27-19)10-13-9-15(22)11-16(23)18(13)26-4/h5-11H,1-4H3/b17-10-. The smallest absolute Gasteiger partial charge is 0.363 e. The summed E-state index contributed by atoms with van der Waals surface area (Å²) in [4.78, 5) is 16.7. The molecular weight excluding hydrogens is 474 g/mol. The van der Waals surface area contributed by atoms with Gasteiger partial charge in [0.15, 0.2) is 5.70 Å². The average Bonchev–Trinajstić information content (AvgIpc) is 2.95. The van der Waals surface area contributed by atoms with E-state index in [9.17, 15) is 4.79 Å². The number of ether oxygens (including phenoxy) is 2. The summed E-state index contributed by atoms with van der Waals surface area (Å²) < 4.78 is 12.4. The number of cyclic esters (lactones) is 1. The van der Waals surface area contributed by atoms with Gasteiger partial charge in [0.25, 0.3) is 0 Å². The number of nitrogens with zero attached hydrogens (tertiary/aromatic N) is 1. The lowest BCUT2D eigenvalue weighted by atomic mass is 9.87. The zero-order chi connectivity index (χ0) is 19.8. The molecule has 2 aromatic rings. The van der Waals surface area contributed by atoms with E-state index >= 15 is 0 Å². The summed E-state index contributed by atoms with van der Waals surface area (Å²) in [6, 6.07) is 11.6. The van der Waals surface area contributed by atoms with E-state index in [-0.39, 0.29) is 11.1 Å². The van der Waals surface area contributed by atoms with Gasteiger partial charge < -0.3 is 9.47 Å². The molecule has 0 fully saturated rings. The third kappa shape index (κ3) is 4.33. The second-order valence-corrected chi connectivity index (χ2v) is 8.94. The monoisotopic (exact) mass is 491 g/mol. The van der Waals surface area contributed by atoms with Crippen LogP contribution in [-0.2, 0) is 14.9 Å². The molecule has 1 heterocycles. The molecule has 140 valence electrons. The highest BCUT2D eigenvalue weighted by Crippen LogP contribution is 2.35. The Balaban J connectivity index is 1.96. The molecule has 0 aliphatic carbocycles. The quantitative estimate of drug-likeness (QED) is 0.398. The number of hydrogen-bond acceptors (Lipinski definition) is 4. The minimum Gasteiger partial charge on any atom is -0.495 e. The first-order valence-corrected chi connectivity index (χ1v) is 9.94. The summed E-state index contributed by atoms with van der Waals surface area (Å²) in [6.07, 6.45) is 1.66. The van der Waals surface area contributed by atoms with Crippen LogP contribution in [0.2, 0.25) is 0 Å².